The Labute approximate surface area is 117 Å². The Balaban J connectivity index is 2.57. The summed E-state index contributed by atoms with van der Waals surface area (Å²) in [5.41, 5.74) is 0.802. The second-order valence-electron chi connectivity index (χ2n) is 4.32. The molecular weight excluding hydrogens is 263 g/mol. The summed E-state index contributed by atoms with van der Waals surface area (Å²) >= 11 is 0. The molecule has 0 unspecified atom stereocenters. The van der Waals surface area contributed by atoms with Crippen molar-refractivity contribution in [1.29, 1.82) is 0 Å². The SMILES string of the molecule is CCOC(=O)c1cc(CCCCC(=O)OC)ccc1F. The van der Waals surface area contributed by atoms with E-state index in [0.29, 0.717) is 19.3 Å². The number of carbonyl (C=O) groups excluding carboxylic acids is 2. The number of ether oxygens (including phenoxy) is 2. The topological polar surface area (TPSA) is 52.6 Å². The smallest absolute Gasteiger partial charge is 0.341 e. The third-order valence-corrected chi connectivity index (χ3v) is 2.85. The molecule has 0 bridgehead atoms. The summed E-state index contributed by atoms with van der Waals surface area (Å²) in [6.07, 6.45) is 2.49. The molecule has 0 saturated heterocycles. The molecule has 0 N–H and O–H groups in total. The number of unbranched alkanes of at least 4 members (excludes halogenated alkanes) is 1. The number of halogens is 1. The Morgan fingerprint density at radius 2 is 2.00 bits per heavy atom. The zero-order valence-corrected chi connectivity index (χ0v) is 11.8. The number of methoxy groups -OCH3 is 1. The van der Waals surface area contributed by atoms with Gasteiger partial charge in [0.25, 0.3) is 0 Å². The molecule has 0 atom stereocenters. The van der Waals surface area contributed by atoms with Gasteiger partial charge in [-0.25, -0.2) is 9.18 Å². The molecule has 0 spiro atoms. The molecule has 0 aromatic heterocycles. The predicted octanol–water partition coefficient (Wildman–Crippen LogP) is 2.89. The van der Waals surface area contributed by atoms with Gasteiger partial charge in [0.2, 0.25) is 0 Å². The Hall–Kier alpha value is -1.91. The summed E-state index contributed by atoms with van der Waals surface area (Å²) in [6.45, 7) is 1.88. The van der Waals surface area contributed by atoms with Crippen LogP contribution < -0.4 is 0 Å². The second-order valence-corrected chi connectivity index (χ2v) is 4.32. The molecule has 0 aliphatic heterocycles. The maximum absolute atomic E-state index is 13.5. The average Bonchev–Trinajstić information content (AvgIpc) is 2.45. The van der Waals surface area contributed by atoms with Gasteiger partial charge in [0.1, 0.15) is 5.82 Å². The molecule has 1 rings (SSSR count). The molecule has 110 valence electrons. The molecule has 0 amide bonds. The van der Waals surface area contributed by atoms with E-state index in [4.69, 9.17) is 4.74 Å². The number of aryl methyl sites for hydroxylation is 1. The third-order valence-electron chi connectivity index (χ3n) is 2.85. The monoisotopic (exact) mass is 282 g/mol. The van der Waals surface area contributed by atoms with Crippen LogP contribution in [-0.4, -0.2) is 25.7 Å². The van der Waals surface area contributed by atoms with E-state index in [0.717, 1.165) is 12.0 Å². The van der Waals surface area contributed by atoms with Crippen LogP contribution in [-0.2, 0) is 20.7 Å². The van der Waals surface area contributed by atoms with Crippen molar-refractivity contribution < 1.29 is 23.5 Å². The van der Waals surface area contributed by atoms with Gasteiger partial charge in [-0.3, -0.25) is 4.79 Å². The lowest BCUT2D eigenvalue weighted by Gasteiger charge is -2.06. The Morgan fingerprint density at radius 1 is 1.25 bits per heavy atom. The van der Waals surface area contributed by atoms with Gasteiger partial charge >= 0.3 is 11.9 Å². The molecule has 0 heterocycles. The van der Waals surface area contributed by atoms with E-state index in [-0.39, 0.29) is 18.1 Å². The van der Waals surface area contributed by atoms with Crippen LogP contribution in [0.25, 0.3) is 0 Å². The minimum Gasteiger partial charge on any atom is -0.469 e. The Kier molecular flexibility index (Phi) is 6.70. The van der Waals surface area contributed by atoms with Crippen molar-refractivity contribution in [3.05, 3.63) is 35.1 Å². The van der Waals surface area contributed by atoms with Crippen LogP contribution in [0.2, 0.25) is 0 Å². The van der Waals surface area contributed by atoms with Crippen molar-refractivity contribution in [2.45, 2.75) is 32.6 Å². The number of carbonyl (C=O) groups is 2. The first-order valence-corrected chi connectivity index (χ1v) is 6.60. The highest BCUT2D eigenvalue weighted by Crippen LogP contribution is 2.14. The zero-order chi connectivity index (χ0) is 15.0. The fraction of sp³-hybridized carbons (Fsp3) is 0.467. The normalized spacial score (nSPS) is 10.2. The van der Waals surface area contributed by atoms with E-state index in [1.807, 2.05) is 0 Å². The molecule has 1 aromatic rings. The summed E-state index contributed by atoms with van der Waals surface area (Å²) in [5, 5.41) is 0. The van der Waals surface area contributed by atoms with Crippen LogP contribution >= 0.6 is 0 Å². The number of benzene rings is 1. The average molecular weight is 282 g/mol. The van der Waals surface area contributed by atoms with E-state index in [1.54, 1.807) is 13.0 Å². The lowest BCUT2D eigenvalue weighted by molar-refractivity contribution is -0.140. The van der Waals surface area contributed by atoms with Crippen molar-refractivity contribution in [2.24, 2.45) is 0 Å². The Morgan fingerprint density at radius 3 is 2.65 bits per heavy atom. The molecule has 0 aliphatic carbocycles. The number of esters is 2. The fourth-order valence-electron chi connectivity index (χ4n) is 1.79. The molecule has 20 heavy (non-hydrogen) atoms. The quantitative estimate of drug-likeness (QED) is 0.570. The van der Waals surface area contributed by atoms with E-state index < -0.39 is 11.8 Å². The predicted molar refractivity (Wildman–Crippen MR) is 71.9 cm³/mol. The van der Waals surface area contributed by atoms with Gasteiger partial charge in [0.05, 0.1) is 19.3 Å². The highest BCUT2D eigenvalue weighted by atomic mass is 19.1. The molecule has 0 aliphatic rings. The van der Waals surface area contributed by atoms with Gasteiger partial charge in [-0.2, -0.15) is 0 Å². The summed E-state index contributed by atoms with van der Waals surface area (Å²) in [4.78, 5) is 22.5. The molecule has 4 nitrogen and oxygen atoms in total. The molecule has 5 heteroatoms. The largest absolute Gasteiger partial charge is 0.469 e. The first-order valence-electron chi connectivity index (χ1n) is 6.60. The van der Waals surface area contributed by atoms with Crippen LogP contribution in [0.1, 0.15) is 42.1 Å². The van der Waals surface area contributed by atoms with Crippen LogP contribution in [0.4, 0.5) is 4.39 Å². The first kappa shape index (κ1) is 16.1. The summed E-state index contributed by atoms with van der Waals surface area (Å²) in [7, 11) is 1.36. The van der Waals surface area contributed by atoms with E-state index in [2.05, 4.69) is 4.74 Å². The van der Waals surface area contributed by atoms with Crippen LogP contribution in [0.3, 0.4) is 0 Å². The zero-order valence-electron chi connectivity index (χ0n) is 11.8. The van der Waals surface area contributed by atoms with Gasteiger partial charge in [-0.15, -0.1) is 0 Å². The maximum Gasteiger partial charge on any atom is 0.341 e. The number of hydrogen-bond donors (Lipinski definition) is 0. The molecule has 1 aromatic carbocycles. The van der Waals surface area contributed by atoms with Crippen LogP contribution in [0.15, 0.2) is 18.2 Å². The lowest BCUT2D eigenvalue weighted by atomic mass is 10.0. The maximum atomic E-state index is 13.5. The summed E-state index contributed by atoms with van der Waals surface area (Å²) in [5.74, 6) is -1.47. The van der Waals surface area contributed by atoms with Gasteiger partial charge in [-0.05, 0) is 43.9 Å². The third kappa shape index (κ3) is 4.99. The van der Waals surface area contributed by atoms with Crippen molar-refractivity contribution in [3.8, 4) is 0 Å². The van der Waals surface area contributed by atoms with Gasteiger partial charge in [0.15, 0.2) is 0 Å². The first-order chi connectivity index (χ1) is 9.58. The van der Waals surface area contributed by atoms with Gasteiger partial charge < -0.3 is 9.47 Å². The lowest BCUT2D eigenvalue weighted by Crippen LogP contribution is -2.08. The minimum absolute atomic E-state index is 0.0442. The van der Waals surface area contributed by atoms with Crippen molar-refractivity contribution >= 4 is 11.9 Å². The highest BCUT2D eigenvalue weighted by molar-refractivity contribution is 5.89. The standard InChI is InChI=1S/C15H19FO4/c1-3-20-15(18)12-10-11(8-9-13(12)16)6-4-5-7-14(17)19-2/h8-10H,3-7H2,1-2H3. The van der Waals surface area contributed by atoms with E-state index >= 15 is 0 Å². The second kappa shape index (κ2) is 8.30. The molecule has 0 fully saturated rings. The highest BCUT2D eigenvalue weighted by Gasteiger charge is 2.13. The van der Waals surface area contributed by atoms with Gasteiger partial charge in [-0.1, -0.05) is 6.07 Å². The molecule has 0 radical (unpaired) electrons. The van der Waals surface area contributed by atoms with Crippen molar-refractivity contribution in [2.75, 3.05) is 13.7 Å². The molecule has 0 saturated carbocycles. The van der Waals surface area contributed by atoms with E-state index in [9.17, 15) is 14.0 Å². The summed E-state index contributed by atoms with van der Waals surface area (Å²) < 4.78 is 22.9. The van der Waals surface area contributed by atoms with Crippen LogP contribution in [0, 0.1) is 5.82 Å². The Bertz CT molecular complexity index is 471. The summed E-state index contributed by atoms with van der Waals surface area (Å²) in [6, 6.07) is 4.41. The number of hydrogen-bond acceptors (Lipinski definition) is 4. The van der Waals surface area contributed by atoms with Crippen molar-refractivity contribution in [3.63, 3.8) is 0 Å². The van der Waals surface area contributed by atoms with Gasteiger partial charge in [0, 0.05) is 6.42 Å². The van der Waals surface area contributed by atoms with Crippen LogP contribution in [0.5, 0.6) is 0 Å². The van der Waals surface area contributed by atoms with E-state index in [1.165, 1.54) is 19.2 Å². The fourth-order valence-corrected chi connectivity index (χ4v) is 1.79. The molecular formula is C15H19FO4. The van der Waals surface area contributed by atoms with Crippen molar-refractivity contribution in [1.82, 2.24) is 0 Å². The minimum atomic E-state index is -0.651. The number of rotatable bonds is 7.